The molecule has 4 aliphatic rings. The molecule has 39 heavy (non-hydrogen) atoms. The number of carbonyl (C=O) groups is 2. The minimum Gasteiger partial charge on any atom is -0.508 e. The van der Waals surface area contributed by atoms with Gasteiger partial charge in [-0.05, 0) is 75.9 Å². The number of carbonyl (C=O) groups excluding carboxylic acids is 2. The SMILES string of the molecule is Cc1c(F)cccc1C1=C(C(=O)N2CCC[C@H]2C(F)(F)F)CC(C(=O)[C@@H]2CCCNC2)(C2CN(C)C2)C=C1O. The lowest BCUT2D eigenvalue weighted by molar-refractivity contribution is -0.181. The van der Waals surface area contributed by atoms with Crippen LogP contribution in [0.4, 0.5) is 17.6 Å². The van der Waals surface area contributed by atoms with E-state index in [-0.39, 0.29) is 71.5 Å². The van der Waals surface area contributed by atoms with Crippen LogP contribution >= 0.6 is 0 Å². The number of nitrogens with one attached hydrogen (secondary N) is 1. The van der Waals surface area contributed by atoms with Crippen molar-refractivity contribution in [2.24, 2.45) is 17.3 Å². The third-order valence-corrected chi connectivity index (χ3v) is 9.03. The molecule has 3 atom stereocenters. The summed E-state index contributed by atoms with van der Waals surface area (Å²) in [6, 6.07) is 2.30. The Labute approximate surface area is 225 Å². The van der Waals surface area contributed by atoms with Crippen LogP contribution in [-0.2, 0) is 9.59 Å². The number of ketones is 1. The van der Waals surface area contributed by atoms with E-state index in [1.165, 1.54) is 25.1 Å². The van der Waals surface area contributed by atoms with Gasteiger partial charge < -0.3 is 20.2 Å². The Morgan fingerprint density at radius 3 is 2.54 bits per heavy atom. The van der Waals surface area contributed by atoms with Gasteiger partial charge in [0.2, 0.25) is 0 Å². The molecule has 0 saturated carbocycles. The molecule has 2 N–H and O–H groups in total. The van der Waals surface area contributed by atoms with Gasteiger partial charge in [0.05, 0.1) is 5.41 Å². The number of benzene rings is 1. The number of nitrogens with zero attached hydrogens (tertiary/aromatic N) is 2. The molecule has 1 unspecified atom stereocenters. The Hall–Kier alpha value is -2.72. The van der Waals surface area contributed by atoms with Crippen molar-refractivity contribution in [3.05, 3.63) is 52.6 Å². The van der Waals surface area contributed by atoms with Gasteiger partial charge >= 0.3 is 6.18 Å². The average Bonchev–Trinajstić information content (AvgIpc) is 3.39. The summed E-state index contributed by atoms with van der Waals surface area (Å²) in [4.78, 5) is 31.2. The van der Waals surface area contributed by atoms with E-state index in [4.69, 9.17) is 0 Å². The molecule has 1 amide bonds. The predicted octanol–water partition coefficient (Wildman–Crippen LogP) is 4.40. The number of aliphatic hydroxyl groups excluding tert-OH is 1. The van der Waals surface area contributed by atoms with Crippen LogP contribution in [0.2, 0.25) is 0 Å². The molecule has 3 heterocycles. The molecule has 0 spiro atoms. The number of amides is 1. The lowest BCUT2D eigenvalue weighted by Gasteiger charge is -2.50. The van der Waals surface area contributed by atoms with Crippen LogP contribution in [0.25, 0.3) is 5.57 Å². The van der Waals surface area contributed by atoms with E-state index in [1.807, 2.05) is 11.9 Å². The molecular weight excluding hydrogens is 514 g/mol. The van der Waals surface area contributed by atoms with Crippen LogP contribution in [0.3, 0.4) is 0 Å². The van der Waals surface area contributed by atoms with Gasteiger partial charge in [-0.15, -0.1) is 0 Å². The fourth-order valence-electron chi connectivity index (χ4n) is 6.89. The summed E-state index contributed by atoms with van der Waals surface area (Å²) in [5, 5.41) is 14.8. The molecule has 1 aliphatic carbocycles. The third kappa shape index (κ3) is 4.90. The summed E-state index contributed by atoms with van der Waals surface area (Å²) in [7, 11) is 1.91. The lowest BCUT2D eigenvalue weighted by Crippen LogP contribution is -2.58. The molecule has 3 saturated heterocycles. The number of hydrogen-bond acceptors (Lipinski definition) is 5. The van der Waals surface area contributed by atoms with Crippen molar-refractivity contribution < 1.29 is 32.3 Å². The second-order valence-corrected chi connectivity index (χ2v) is 11.5. The number of allylic oxidation sites excluding steroid dienone is 2. The summed E-state index contributed by atoms with van der Waals surface area (Å²) in [5.74, 6) is -2.41. The van der Waals surface area contributed by atoms with Crippen molar-refractivity contribution in [2.75, 3.05) is 39.8 Å². The molecule has 0 aromatic heterocycles. The van der Waals surface area contributed by atoms with E-state index < -0.39 is 29.4 Å². The quantitative estimate of drug-likeness (QED) is 0.533. The van der Waals surface area contributed by atoms with E-state index >= 15 is 0 Å². The van der Waals surface area contributed by atoms with Crippen LogP contribution < -0.4 is 5.32 Å². The Bertz CT molecular complexity index is 1210. The number of likely N-dealkylation sites (tertiary alicyclic amines) is 2. The summed E-state index contributed by atoms with van der Waals surface area (Å²) in [6.45, 7) is 3.81. The highest BCUT2D eigenvalue weighted by atomic mass is 19.4. The molecular formula is C29H35F4N3O3. The average molecular weight is 550 g/mol. The van der Waals surface area contributed by atoms with Crippen LogP contribution in [0.5, 0.6) is 0 Å². The number of halogens is 4. The Balaban J connectivity index is 1.66. The van der Waals surface area contributed by atoms with Gasteiger partial charge in [-0.25, -0.2) is 4.39 Å². The molecule has 0 radical (unpaired) electrons. The van der Waals surface area contributed by atoms with Crippen molar-refractivity contribution >= 4 is 17.3 Å². The molecule has 212 valence electrons. The van der Waals surface area contributed by atoms with Crippen LogP contribution in [-0.4, -0.2) is 78.6 Å². The van der Waals surface area contributed by atoms with Crippen molar-refractivity contribution in [3.63, 3.8) is 0 Å². The van der Waals surface area contributed by atoms with E-state index in [0.717, 1.165) is 17.9 Å². The standard InChI is InChI=1S/C29H35F4N3O3/c1-17-20(7-3-8-22(17)30)25-21(27(39)36-11-5-9-24(36)29(31,32)33)12-28(13-23(25)37,19-15-35(2)16-19)26(38)18-6-4-10-34-14-18/h3,7-8,13,18-19,24,34,37H,4-6,9-12,14-16H2,1-2H3/t18-,24+,28?/m1/s1. The Morgan fingerprint density at radius 1 is 1.15 bits per heavy atom. The van der Waals surface area contributed by atoms with Crippen molar-refractivity contribution in [1.82, 2.24) is 15.1 Å². The summed E-state index contributed by atoms with van der Waals surface area (Å²) in [5.41, 5.74) is -0.871. The van der Waals surface area contributed by atoms with E-state index in [0.29, 0.717) is 26.1 Å². The van der Waals surface area contributed by atoms with E-state index in [1.54, 1.807) is 6.07 Å². The monoisotopic (exact) mass is 549 g/mol. The van der Waals surface area contributed by atoms with Crippen molar-refractivity contribution in [3.8, 4) is 0 Å². The normalized spacial score (nSPS) is 28.9. The van der Waals surface area contributed by atoms with Crippen LogP contribution in [0.1, 0.15) is 43.2 Å². The van der Waals surface area contributed by atoms with Gasteiger partial charge in [-0.1, -0.05) is 12.1 Å². The smallest absolute Gasteiger partial charge is 0.408 e. The van der Waals surface area contributed by atoms with E-state index in [9.17, 15) is 32.3 Å². The molecule has 1 aromatic rings. The highest BCUT2D eigenvalue weighted by Gasteiger charge is 2.55. The fourth-order valence-corrected chi connectivity index (χ4v) is 6.89. The zero-order chi connectivity index (χ0) is 28.1. The van der Waals surface area contributed by atoms with Gasteiger partial charge in [-0.3, -0.25) is 9.59 Å². The highest BCUT2D eigenvalue weighted by molar-refractivity contribution is 6.07. The molecule has 5 rings (SSSR count). The summed E-state index contributed by atoms with van der Waals surface area (Å²) >= 11 is 0. The minimum absolute atomic E-state index is 0.0164. The largest absolute Gasteiger partial charge is 0.508 e. The number of alkyl halides is 3. The summed E-state index contributed by atoms with van der Waals surface area (Å²) < 4.78 is 56.4. The number of piperidine rings is 1. The molecule has 3 aliphatic heterocycles. The lowest BCUT2D eigenvalue weighted by atomic mass is 9.59. The second kappa shape index (κ2) is 10.4. The molecule has 6 nitrogen and oxygen atoms in total. The maximum Gasteiger partial charge on any atom is 0.408 e. The third-order valence-electron chi connectivity index (χ3n) is 9.03. The Morgan fingerprint density at radius 2 is 1.90 bits per heavy atom. The first-order valence-corrected chi connectivity index (χ1v) is 13.7. The van der Waals surface area contributed by atoms with Crippen molar-refractivity contribution in [1.29, 1.82) is 0 Å². The van der Waals surface area contributed by atoms with Gasteiger partial charge in [-0.2, -0.15) is 13.2 Å². The van der Waals surface area contributed by atoms with Gasteiger partial charge in [0, 0.05) is 49.2 Å². The maximum absolute atomic E-state index is 14.6. The Kier molecular flexibility index (Phi) is 7.39. The number of rotatable bonds is 5. The van der Waals surface area contributed by atoms with Crippen molar-refractivity contribution in [2.45, 2.75) is 51.2 Å². The topological polar surface area (TPSA) is 72.9 Å². The molecule has 1 aromatic carbocycles. The minimum atomic E-state index is -4.61. The molecule has 3 fully saturated rings. The van der Waals surface area contributed by atoms with Gasteiger partial charge in [0.1, 0.15) is 23.4 Å². The zero-order valence-electron chi connectivity index (χ0n) is 22.3. The van der Waals surface area contributed by atoms with Crippen LogP contribution in [0.15, 0.2) is 35.6 Å². The first-order chi connectivity index (χ1) is 18.4. The van der Waals surface area contributed by atoms with Gasteiger partial charge in [0.15, 0.2) is 0 Å². The first kappa shape index (κ1) is 27.8. The number of Topliss-reactive ketones (excluding diaryl/α,β-unsaturated/α-hetero) is 1. The second-order valence-electron chi connectivity index (χ2n) is 11.5. The highest BCUT2D eigenvalue weighted by Crippen LogP contribution is 2.51. The number of aliphatic hydroxyl groups is 1. The molecule has 10 heteroatoms. The van der Waals surface area contributed by atoms with E-state index in [2.05, 4.69) is 5.32 Å². The first-order valence-electron chi connectivity index (χ1n) is 13.7. The number of hydrogen-bond donors (Lipinski definition) is 2. The van der Waals surface area contributed by atoms with Gasteiger partial charge in [0.25, 0.3) is 5.91 Å². The fraction of sp³-hybridized carbons (Fsp3) is 0.586. The predicted molar refractivity (Wildman–Crippen MR) is 138 cm³/mol. The zero-order valence-corrected chi connectivity index (χ0v) is 22.3. The van der Waals surface area contributed by atoms with Crippen LogP contribution in [0, 0.1) is 30.0 Å². The maximum atomic E-state index is 14.6. The summed E-state index contributed by atoms with van der Waals surface area (Å²) in [6.07, 6.45) is -1.75. The molecule has 0 bridgehead atoms.